The van der Waals surface area contributed by atoms with E-state index in [1.807, 2.05) is 19.1 Å². The summed E-state index contributed by atoms with van der Waals surface area (Å²) < 4.78 is 20.0. The van der Waals surface area contributed by atoms with Crippen LogP contribution >= 0.6 is 11.3 Å². The Balaban J connectivity index is 1.37. The highest BCUT2D eigenvalue weighted by Crippen LogP contribution is 2.30. The number of nitrogens with zero attached hydrogens (tertiary/aromatic N) is 3. The molecule has 5 nitrogen and oxygen atoms in total. The lowest BCUT2D eigenvalue weighted by Crippen LogP contribution is -2.48. The van der Waals surface area contributed by atoms with Crippen LogP contribution in [0.3, 0.4) is 0 Å². The zero-order valence-corrected chi connectivity index (χ0v) is 16.8. The maximum Gasteiger partial charge on any atom is 0.142 e. The summed E-state index contributed by atoms with van der Waals surface area (Å²) in [5.74, 6) is 0.705. The summed E-state index contributed by atoms with van der Waals surface area (Å²) in [7, 11) is 0. The van der Waals surface area contributed by atoms with Crippen molar-refractivity contribution in [2.45, 2.75) is 13.0 Å². The second-order valence-corrected chi connectivity index (χ2v) is 8.02. The van der Waals surface area contributed by atoms with E-state index in [4.69, 9.17) is 10.5 Å². The van der Waals surface area contributed by atoms with Gasteiger partial charge in [0.05, 0.1) is 28.6 Å². The largest absolute Gasteiger partial charge is 0.492 e. The smallest absolute Gasteiger partial charge is 0.142 e. The summed E-state index contributed by atoms with van der Waals surface area (Å²) in [5.41, 5.74) is 8.38. The van der Waals surface area contributed by atoms with Crippen LogP contribution in [0.4, 0.5) is 10.1 Å². The molecule has 7 heteroatoms. The first-order chi connectivity index (χ1) is 13.6. The Bertz CT molecular complexity index is 939. The van der Waals surface area contributed by atoms with Gasteiger partial charge < -0.3 is 15.4 Å². The van der Waals surface area contributed by atoms with Gasteiger partial charge in [-0.05, 0) is 37.3 Å². The molecule has 0 amide bonds. The van der Waals surface area contributed by atoms with Gasteiger partial charge in [0.2, 0.25) is 0 Å². The molecular weight excluding hydrogens is 375 g/mol. The molecule has 28 heavy (non-hydrogen) atoms. The predicted molar refractivity (Wildman–Crippen MR) is 113 cm³/mol. The molecule has 0 radical (unpaired) electrons. The van der Waals surface area contributed by atoms with Crippen molar-refractivity contribution in [3.63, 3.8) is 0 Å². The molecule has 148 valence electrons. The maximum atomic E-state index is 13.4. The third-order valence-corrected chi connectivity index (χ3v) is 6.17. The lowest BCUT2D eigenvalue weighted by atomic mass is 10.2. The normalized spacial score (nSPS) is 16.5. The topological polar surface area (TPSA) is 54.6 Å². The highest BCUT2D eigenvalue weighted by molar-refractivity contribution is 7.18. The van der Waals surface area contributed by atoms with Crippen LogP contribution in [0.5, 0.6) is 5.75 Å². The monoisotopic (exact) mass is 400 g/mol. The maximum absolute atomic E-state index is 13.4. The molecule has 2 heterocycles. The van der Waals surface area contributed by atoms with E-state index in [2.05, 4.69) is 26.9 Å². The molecule has 2 N–H and O–H groups in total. The average molecular weight is 401 g/mol. The van der Waals surface area contributed by atoms with E-state index in [0.29, 0.717) is 6.61 Å². The second kappa shape index (κ2) is 8.43. The van der Waals surface area contributed by atoms with E-state index < -0.39 is 0 Å². The highest BCUT2D eigenvalue weighted by atomic mass is 32.1. The van der Waals surface area contributed by atoms with E-state index in [1.54, 1.807) is 6.07 Å². The predicted octanol–water partition coefficient (Wildman–Crippen LogP) is 3.66. The van der Waals surface area contributed by atoms with Crippen molar-refractivity contribution < 1.29 is 9.13 Å². The number of hydrogen-bond acceptors (Lipinski definition) is 6. The molecule has 1 aliphatic rings. The molecule has 0 spiro atoms. The fourth-order valence-corrected chi connectivity index (χ4v) is 4.58. The molecular formula is C21H25FN4OS. The number of anilines is 1. The van der Waals surface area contributed by atoms with Crippen LogP contribution in [0, 0.1) is 5.82 Å². The Hall–Kier alpha value is -2.22. The number of thiazole rings is 1. The molecule has 1 fully saturated rings. The zero-order chi connectivity index (χ0) is 19.5. The zero-order valence-electron chi connectivity index (χ0n) is 16.0. The number of benzene rings is 2. The van der Waals surface area contributed by atoms with E-state index in [1.165, 1.54) is 23.5 Å². The second-order valence-electron chi connectivity index (χ2n) is 6.96. The van der Waals surface area contributed by atoms with Crippen LogP contribution in [0.15, 0.2) is 42.5 Å². The number of para-hydroxylation sites is 2. The number of halogens is 1. The Labute approximate surface area is 168 Å². The molecule has 0 bridgehead atoms. The quantitative estimate of drug-likeness (QED) is 0.684. The summed E-state index contributed by atoms with van der Waals surface area (Å²) in [6, 6.07) is 12.7. The molecule has 1 saturated heterocycles. The highest BCUT2D eigenvalue weighted by Gasteiger charge is 2.22. The Kier molecular flexibility index (Phi) is 5.75. The standard InChI is InChI=1S/C21H25FN4OS/c1-2-27-19-6-4-3-5-18(19)26-11-9-25(10-12-26)14-16(23)21-24-17-8-7-15(22)13-20(17)28-21/h3-8,13,16H,2,9-12,14,23H2,1H3. The van der Waals surface area contributed by atoms with E-state index in [-0.39, 0.29) is 11.9 Å². The Morgan fingerprint density at radius 1 is 1.18 bits per heavy atom. The fraction of sp³-hybridized carbons (Fsp3) is 0.381. The van der Waals surface area contributed by atoms with E-state index >= 15 is 0 Å². The van der Waals surface area contributed by atoms with Crippen molar-refractivity contribution in [2.75, 3.05) is 44.2 Å². The summed E-state index contributed by atoms with van der Waals surface area (Å²) >= 11 is 1.48. The van der Waals surface area contributed by atoms with Crippen molar-refractivity contribution in [3.8, 4) is 5.75 Å². The van der Waals surface area contributed by atoms with Gasteiger partial charge in [0.15, 0.2) is 0 Å². The average Bonchev–Trinajstić information content (AvgIpc) is 3.13. The van der Waals surface area contributed by atoms with Crippen molar-refractivity contribution in [1.82, 2.24) is 9.88 Å². The fourth-order valence-electron chi connectivity index (χ4n) is 3.60. The van der Waals surface area contributed by atoms with Gasteiger partial charge in [-0.3, -0.25) is 4.90 Å². The molecule has 1 atom stereocenters. The van der Waals surface area contributed by atoms with Crippen molar-refractivity contribution in [2.24, 2.45) is 5.73 Å². The van der Waals surface area contributed by atoms with Gasteiger partial charge >= 0.3 is 0 Å². The number of fused-ring (bicyclic) bond motifs is 1. The summed E-state index contributed by atoms with van der Waals surface area (Å²) in [6.45, 7) is 7.17. The van der Waals surface area contributed by atoms with Crippen LogP contribution in [0.2, 0.25) is 0 Å². The lowest BCUT2D eigenvalue weighted by molar-refractivity contribution is 0.242. The SMILES string of the molecule is CCOc1ccccc1N1CCN(CC(N)c2nc3ccc(F)cc3s2)CC1. The van der Waals surface area contributed by atoms with Crippen molar-refractivity contribution in [1.29, 1.82) is 0 Å². The van der Waals surface area contributed by atoms with Crippen LogP contribution in [-0.2, 0) is 0 Å². The third kappa shape index (κ3) is 4.11. The summed E-state index contributed by atoms with van der Waals surface area (Å²) in [6.07, 6.45) is 0. The molecule has 4 rings (SSSR count). The van der Waals surface area contributed by atoms with Crippen LogP contribution in [0.25, 0.3) is 10.2 Å². The molecule has 1 aliphatic heterocycles. The van der Waals surface area contributed by atoms with Crippen LogP contribution in [-0.4, -0.2) is 49.2 Å². The van der Waals surface area contributed by atoms with Gasteiger partial charge in [0.25, 0.3) is 0 Å². The van der Waals surface area contributed by atoms with Gasteiger partial charge in [-0.25, -0.2) is 9.37 Å². The minimum Gasteiger partial charge on any atom is -0.492 e. The number of ether oxygens (including phenoxy) is 1. The first-order valence-corrected chi connectivity index (χ1v) is 10.5. The molecule has 1 aromatic heterocycles. The number of rotatable bonds is 6. The minimum atomic E-state index is -0.236. The molecule has 0 aliphatic carbocycles. The minimum absolute atomic E-state index is 0.164. The summed E-state index contributed by atoms with van der Waals surface area (Å²) in [5, 5.41) is 0.865. The molecule has 2 aromatic carbocycles. The van der Waals surface area contributed by atoms with Gasteiger partial charge in [0, 0.05) is 32.7 Å². The van der Waals surface area contributed by atoms with E-state index in [9.17, 15) is 4.39 Å². The summed E-state index contributed by atoms with van der Waals surface area (Å²) in [4.78, 5) is 9.33. The molecule has 0 saturated carbocycles. The van der Waals surface area contributed by atoms with Crippen LogP contribution < -0.4 is 15.4 Å². The Morgan fingerprint density at radius 2 is 1.96 bits per heavy atom. The third-order valence-electron chi connectivity index (χ3n) is 5.02. The number of aromatic nitrogens is 1. The molecule has 3 aromatic rings. The van der Waals surface area contributed by atoms with Crippen LogP contribution in [0.1, 0.15) is 18.0 Å². The van der Waals surface area contributed by atoms with Crippen molar-refractivity contribution in [3.05, 3.63) is 53.3 Å². The number of piperazine rings is 1. The van der Waals surface area contributed by atoms with Gasteiger partial charge in [-0.1, -0.05) is 12.1 Å². The Morgan fingerprint density at radius 3 is 2.75 bits per heavy atom. The van der Waals surface area contributed by atoms with Crippen molar-refractivity contribution >= 4 is 27.2 Å². The van der Waals surface area contributed by atoms with Gasteiger partial charge in [0.1, 0.15) is 16.6 Å². The van der Waals surface area contributed by atoms with Gasteiger partial charge in [-0.15, -0.1) is 11.3 Å². The van der Waals surface area contributed by atoms with E-state index in [0.717, 1.165) is 59.4 Å². The van der Waals surface area contributed by atoms with Gasteiger partial charge in [-0.2, -0.15) is 0 Å². The number of nitrogens with two attached hydrogens (primary N) is 1. The first-order valence-electron chi connectivity index (χ1n) is 9.64. The molecule has 1 unspecified atom stereocenters. The lowest BCUT2D eigenvalue weighted by Gasteiger charge is -2.37. The number of hydrogen-bond donors (Lipinski definition) is 1. The first kappa shape index (κ1) is 19.1.